The number of pyridine rings is 4. The highest BCUT2D eigenvalue weighted by atomic mass is 32.1. The van der Waals surface area contributed by atoms with E-state index in [1.807, 2.05) is 103 Å². The molecule has 0 amide bonds. The zero-order valence-corrected chi connectivity index (χ0v) is 29.9. The number of ether oxygens (including phenoxy) is 2. The summed E-state index contributed by atoms with van der Waals surface area (Å²) in [5.41, 5.74) is 5.65. The highest BCUT2D eigenvalue weighted by molar-refractivity contribution is 7.18. The van der Waals surface area contributed by atoms with Crippen LogP contribution in [0.15, 0.2) is 102 Å². The molecule has 0 radical (unpaired) electrons. The Morgan fingerprint density at radius 3 is 2.20 bits per heavy atom. The Labute approximate surface area is 312 Å². The normalized spacial score (nSPS) is 11.7. The van der Waals surface area contributed by atoms with Crippen molar-refractivity contribution in [1.82, 2.24) is 43.7 Å². The third-order valence-corrected chi connectivity index (χ3v) is 11.0. The third kappa shape index (κ3) is 4.91. The average molecular weight is 750 g/mol. The molecule has 16 heteroatoms. The molecule has 0 fully saturated rings. The molecule has 0 atom stereocenters. The van der Waals surface area contributed by atoms with E-state index < -0.39 is 0 Å². The number of hydrogen-bond donors (Lipinski definition) is 2. The Morgan fingerprint density at radius 2 is 1.44 bits per heavy atom. The number of thiophene rings is 2. The van der Waals surface area contributed by atoms with Gasteiger partial charge in [-0.25, -0.2) is 15.0 Å². The molecule has 0 aliphatic heterocycles. The number of hydrogen-bond acceptors (Lipinski definition) is 13. The van der Waals surface area contributed by atoms with Crippen LogP contribution >= 0.6 is 22.7 Å². The minimum Gasteiger partial charge on any atom is -0.497 e. The fourth-order valence-corrected chi connectivity index (χ4v) is 8.29. The van der Waals surface area contributed by atoms with E-state index in [9.17, 15) is 10.2 Å². The van der Waals surface area contributed by atoms with Crippen molar-refractivity contribution >= 4 is 54.1 Å². The van der Waals surface area contributed by atoms with Gasteiger partial charge in [0, 0.05) is 34.8 Å². The molecule has 10 aromatic rings. The minimum atomic E-state index is -0.152. The summed E-state index contributed by atoms with van der Waals surface area (Å²) in [4.78, 5) is 33.1. The van der Waals surface area contributed by atoms with Crippen LogP contribution in [0.1, 0.15) is 0 Å². The predicted molar refractivity (Wildman–Crippen MR) is 203 cm³/mol. The standard InChI is InChI=1S/C38H24N10O4S2/c1-51-21-11-14-46-20(15-21)16-40-35(46)32-42-29-24(19-54-31(29)38(50)43-32)26-8-4-6-13-47(26)34-27-10-9-22(52-2)17-48(27)36(45-34)33-41-28-23(25-7-3-5-12-39-25)18-53-30(28)37(49)44-33/h3-19H,1-2H3,(H-,41,42,43,44,49,50)/p+1. The van der Waals surface area contributed by atoms with Crippen molar-refractivity contribution in [1.29, 1.82) is 0 Å². The number of aromatic hydroxyl groups is 2. The van der Waals surface area contributed by atoms with Gasteiger partial charge in [0.1, 0.15) is 37.6 Å². The monoisotopic (exact) mass is 749 g/mol. The Kier molecular flexibility index (Phi) is 7.21. The van der Waals surface area contributed by atoms with Crippen molar-refractivity contribution in [3.63, 3.8) is 0 Å². The number of methoxy groups -OCH3 is 2. The van der Waals surface area contributed by atoms with Crippen molar-refractivity contribution in [3.8, 4) is 74.9 Å². The highest BCUT2D eigenvalue weighted by Crippen LogP contribution is 2.39. The first-order valence-electron chi connectivity index (χ1n) is 16.5. The Morgan fingerprint density at radius 1 is 0.704 bits per heavy atom. The van der Waals surface area contributed by atoms with Crippen LogP contribution in [0.4, 0.5) is 0 Å². The van der Waals surface area contributed by atoms with Crippen LogP contribution in [0.2, 0.25) is 0 Å². The smallest absolute Gasteiger partial charge is 0.355 e. The molecule has 0 saturated carbocycles. The molecule has 2 N–H and O–H groups in total. The van der Waals surface area contributed by atoms with Gasteiger partial charge < -0.3 is 19.7 Å². The lowest BCUT2D eigenvalue weighted by Gasteiger charge is -2.06. The van der Waals surface area contributed by atoms with Crippen molar-refractivity contribution in [2.45, 2.75) is 0 Å². The van der Waals surface area contributed by atoms with E-state index in [1.165, 1.54) is 22.7 Å². The number of nitrogens with zero attached hydrogens (tertiary/aromatic N) is 10. The lowest BCUT2D eigenvalue weighted by Crippen LogP contribution is -2.33. The summed E-state index contributed by atoms with van der Waals surface area (Å²) in [6.07, 6.45) is 8.97. The van der Waals surface area contributed by atoms with Gasteiger partial charge in [0.2, 0.25) is 17.6 Å². The molecular formula is C38H25N10O4S2+. The summed E-state index contributed by atoms with van der Waals surface area (Å²) in [6, 6.07) is 18.9. The first-order valence-corrected chi connectivity index (χ1v) is 18.2. The Hall–Kier alpha value is -7.04. The van der Waals surface area contributed by atoms with Gasteiger partial charge in [-0.3, -0.25) is 13.8 Å². The van der Waals surface area contributed by atoms with Crippen LogP contribution < -0.4 is 14.0 Å². The fraction of sp³-hybridized carbons (Fsp3) is 0.0526. The van der Waals surface area contributed by atoms with Crippen LogP contribution in [0.5, 0.6) is 23.3 Å². The quantitative estimate of drug-likeness (QED) is 0.166. The van der Waals surface area contributed by atoms with Crippen LogP contribution in [-0.4, -0.2) is 68.1 Å². The van der Waals surface area contributed by atoms with E-state index in [1.54, 1.807) is 26.6 Å². The fourth-order valence-electron chi connectivity index (χ4n) is 6.52. The first-order chi connectivity index (χ1) is 26.5. The molecular weight excluding hydrogens is 725 g/mol. The second-order valence-electron chi connectivity index (χ2n) is 12.1. The third-order valence-electron chi connectivity index (χ3n) is 9.07. The summed E-state index contributed by atoms with van der Waals surface area (Å²) in [5, 5.41) is 26.2. The molecule has 262 valence electrons. The molecule has 0 bridgehead atoms. The molecule has 10 aromatic heterocycles. The maximum atomic E-state index is 11.2. The van der Waals surface area contributed by atoms with Crippen LogP contribution in [0.3, 0.4) is 0 Å². The summed E-state index contributed by atoms with van der Waals surface area (Å²) in [6.45, 7) is 0. The topological polar surface area (TPSA) is 162 Å². The van der Waals surface area contributed by atoms with Crippen LogP contribution in [0.25, 0.3) is 83.1 Å². The summed E-state index contributed by atoms with van der Waals surface area (Å²) in [5.74, 6) is 2.89. The van der Waals surface area contributed by atoms with Gasteiger partial charge >= 0.3 is 5.82 Å². The molecule has 0 spiro atoms. The molecule has 0 aliphatic carbocycles. The van der Waals surface area contributed by atoms with Crippen molar-refractivity contribution in [2.24, 2.45) is 0 Å². The number of fused-ring (bicyclic) bond motifs is 4. The Balaban J connectivity index is 1.16. The largest absolute Gasteiger partial charge is 0.497 e. The number of rotatable bonds is 7. The maximum Gasteiger partial charge on any atom is 0.355 e. The van der Waals surface area contributed by atoms with Gasteiger partial charge in [-0.15, -0.1) is 22.7 Å². The van der Waals surface area contributed by atoms with Gasteiger partial charge in [-0.05, 0) is 47.4 Å². The number of aromatic nitrogens is 10. The molecule has 0 aliphatic rings. The highest BCUT2D eigenvalue weighted by Gasteiger charge is 2.30. The number of imidazole rings is 2. The molecule has 10 rings (SSSR count). The molecule has 54 heavy (non-hydrogen) atoms. The molecule has 0 unspecified atom stereocenters. The SMILES string of the molecule is COc1ccn2c(-c3nc(O)c4scc(-c5cccc[n+]5-c5nc(-c6nc(O)c7scc(-c8ccccn8)c7n6)n6cc(OC)ccc56)c4n3)ncc2c1. The zero-order valence-electron chi connectivity index (χ0n) is 28.3. The van der Waals surface area contributed by atoms with Gasteiger partial charge in [-0.2, -0.15) is 14.5 Å². The van der Waals surface area contributed by atoms with Crippen molar-refractivity contribution < 1.29 is 24.3 Å². The van der Waals surface area contributed by atoms with Crippen molar-refractivity contribution in [2.75, 3.05) is 14.2 Å². The average Bonchev–Trinajstić information content (AvgIpc) is 4.01. The second-order valence-corrected chi connectivity index (χ2v) is 13.9. The van der Waals surface area contributed by atoms with E-state index in [2.05, 4.69) is 19.9 Å². The molecule has 14 nitrogen and oxygen atoms in total. The Bertz CT molecular complexity index is 3080. The second kappa shape index (κ2) is 12.3. The van der Waals surface area contributed by atoms with Gasteiger partial charge in [0.15, 0.2) is 11.6 Å². The lowest BCUT2D eigenvalue weighted by molar-refractivity contribution is -0.586. The summed E-state index contributed by atoms with van der Waals surface area (Å²) in [7, 11) is 3.20. The van der Waals surface area contributed by atoms with E-state index >= 15 is 0 Å². The predicted octanol–water partition coefficient (Wildman–Crippen LogP) is 6.76. The van der Waals surface area contributed by atoms with E-state index in [0.717, 1.165) is 33.5 Å². The van der Waals surface area contributed by atoms with Gasteiger partial charge in [0.05, 0.1) is 55.1 Å². The molecule has 10 heterocycles. The lowest BCUT2D eigenvalue weighted by atomic mass is 10.1. The molecule has 0 aromatic carbocycles. The summed E-state index contributed by atoms with van der Waals surface area (Å²) < 4.78 is 17.7. The van der Waals surface area contributed by atoms with E-state index in [4.69, 9.17) is 24.4 Å². The van der Waals surface area contributed by atoms with Crippen LogP contribution in [0, 0.1) is 0 Å². The van der Waals surface area contributed by atoms with E-state index in [-0.39, 0.29) is 23.4 Å². The minimum absolute atomic E-state index is 0.147. The zero-order chi connectivity index (χ0) is 36.5. The van der Waals surface area contributed by atoms with Gasteiger partial charge in [0.25, 0.3) is 5.82 Å². The maximum absolute atomic E-state index is 11.2. The van der Waals surface area contributed by atoms with Crippen LogP contribution in [-0.2, 0) is 0 Å². The first kappa shape index (κ1) is 31.7. The summed E-state index contributed by atoms with van der Waals surface area (Å²) >= 11 is 2.69. The van der Waals surface area contributed by atoms with Gasteiger partial charge in [-0.1, -0.05) is 12.1 Å². The molecule has 0 saturated heterocycles. The van der Waals surface area contributed by atoms with E-state index in [0.29, 0.717) is 49.4 Å². The van der Waals surface area contributed by atoms with Crippen molar-refractivity contribution in [3.05, 3.63) is 102 Å².